The van der Waals surface area contributed by atoms with Crippen molar-refractivity contribution in [2.45, 2.75) is 0 Å². The van der Waals surface area contributed by atoms with Gasteiger partial charge in [0.2, 0.25) is 0 Å². The average molecular weight is 522 g/mol. The highest BCUT2D eigenvalue weighted by Gasteiger charge is 2.19. The first-order valence-electron chi connectivity index (χ1n) is 12.2. The van der Waals surface area contributed by atoms with E-state index in [-0.39, 0.29) is 11.0 Å². The van der Waals surface area contributed by atoms with Crippen molar-refractivity contribution in [3.63, 3.8) is 0 Å². The summed E-state index contributed by atoms with van der Waals surface area (Å²) in [6.45, 7) is 0. The molecule has 0 spiro atoms. The Morgan fingerprint density at radius 1 is 0.462 bits per heavy atom. The first-order chi connectivity index (χ1) is 18.9. The summed E-state index contributed by atoms with van der Waals surface area (Å²) in [5.74, 6) is -1.67. The van der Waals surface area contributed by atoms with Gasteiger partial charge in [-0.2, -0.15) is 0 Å². The molecule has 6 heteroatoms. The maximum Gasteiger partial charge on any atom is 0.197 e. The summed E-state index contributed by atoms with van der Waals surface area (Å²) in [4.78, 5) is 17.6. The number of nitrogens with one attached hydrogen (secondary N) is 1. The highest BCUT2D eigenvalue weighted by atomic mass is 19.1. The van der Waals surface area contributed by atoms with Crippen LogP contribution in [0.15, 0.2) is 114 Å². The number of halogens is 4. The molecule has 0 atom stereocenters. The zero-order chi connectivity index (χ0) is 27.1. The zero-order valence-electron chi connectivity index (χ0n) is 20.3. The Bertz CT molecular complexity index is 1870. The lowest BCUT2D eigenvalue weighted by Gasteiger charge is -2.16. The van der Waals surface area contributed by atoms with E-state index in [1.807, 2.05) is 6.07 Å². The molecule has 1 N–H and O–H groups in total. The summed E-state index contributed by atoms with van der Waals surface area (Å²) >= 11 is 0. The minimum atomic E-state index is -0.448. The van der Waals surface area contributed by atoms with Crippen molar-refractivity contribution in [3.8, 4) is 44.6 Å². The second-order valence-corrected chi connectivity index (χ2v) is 9.18. The Hall–Kier alpha value is -4.97. The van der Waals surface area contributed by atoms with Crippen LogP contribution in [0.3, 0.4) is 0 Å². The number of fused-ring (bicyclic) bond motifs is 1. The van der Waals surface area contributed by atoms with E-state index < -0.39 is 23.3 Å². The van der Waals surface area contributed by atoms with E-state index in [2.05, 4.69) is 4.98 Å². The highest BCUT2D eigenvalue weighted by Crippen LogP contribution is 2.37. The van der Waals surface area contributed by atoms with E-state index in [0.717, 1.165) is 0 Å². The largest absolute Gasteiger partial charge is 0.353 e. The zero-order valence-corrected chi connectivity index (χ0v) is 20.3. The molecule has 2 nitrogen and oxygen atoms in total. The van der Waals surface area contributed by atoms with E-state index in [4.69, 9.17) is 0 Å². The first kappa shape index (κ1) is 24.4. The monoisotopic (exact) mass is 521 g/mol. The van der Waals surface area contributed by atoms with Crippen LogP contribution in [0.1, 0.15) is 0 Å². The van der Waals surface area contributed by atoms with Crippen molar-refractivity contribution >= 4 is 10.9 Å². The van der Waals surface area contributed by atoms with Gasteiger partial charge in [-0.15, -0.1) is 0 Å². The lowest BCUT2D eigenvalue weighted by molar-refractivity contribution is 0.627. The van der Waals surface area contributed by atoms with Gasteiger partial charge >= 0.3 is 0 Å². The lowest BCUT2D eigenvalue weighted by atomic mass is 9.91. The molecule has 0 fully saturated rings. The molecule has 1 heterocycles. The molecular formula is C33H19F4NO. The number of aromatic nitrogens is 1. The molecule has 0 radical (unpaired) electrons. The van der Waals surface area contributed by atoms with Crippen molar-refractivity contribution in [1.82, 2.24) is 4.98 Å². The quantitative estimate of drug-likeness (QED) is 0.231. The predicted octanol–water partition coefficient (Wildman–Crippen LogP) is 8.75. The number of hydrogen-bond donors (Lipinski definition) is 1. The summed E-state index contributed by atoms with van der Waals surface area (Å²) in [7, 11) is 0. The molecular weight excluding hydrogens is 502 g/mol. The normalized spacial score (nSPS) is 11.2. The van der Waals surface area contributed by atoms with Crippen LogP contribution in [-0.4, -0.2) is 4.98 Å². The molecule has 0 aliphatic carbocycles. The molecule has 39 heavy (non-hydrogen) atoms. The molecule has 0 bridgehead atoms. The van der Waals surface area contributed by atoms with Crippen molar-refractivity contribution in [3.05, 3.63) is 143 Å². The number of rotatable bonds is 4. The number of H-pyrrole nitrogens is 1. The van der Waals surface area contributed by atoms with Gasteiger partial charge in [-0.25, -0.2) is 17.6 Å². The third kappa shape index (κ3) is 4.61. The molecule has 190 valence electrons. The summed E-state index contributed by atoms with van der Waals surface area (Å²) < 4.78 is 55.0. The van der Waals surface area contributed by atoms with Crippen LogP contribution in [0.2, 0.25) is 0 Å². The number of pyridine rings is 1. The smallest absolute Gasteiger partial charge is 0.197 e. The molecule has 0 saturated carbocycles. The second kappa shape index (κ2) is 9.72. The lowest BCUT2D eigenvalue weighted by Crippen LogP contribution is -2.10. The van der Waals surface area contributed by atoms with Gasteiger partial charge < -0.3 is 4.98 Å². The van der Waals surface area contributed by atoms with Gasteiger partial charge in [-0.05, 0) is 101 Å². The summed E-state index contributed by atoms with van der Waals surface area (Å²) in [6.07, 6.45) is 0. The van der Waals surface area contributed by atoms with Crippen molar-refractivity contribution in [2.75, 3.05) is 0 Å². The van der Waals surface area contributed by atoms with Gasteiger partial charge in [0.05, 0.1) is 16.8 Å². The Balaban J connectivity index is 1.73. The van der Waals surface area contributed by atoms with E-state index in [1.54, 1.807) is 42.5 Å². The number of benzene rings is 5. The molecule has 0 aliphatic heterocycles. The minimum absolute atomic E-state index is 0.287. The predicted molar refractivity (Wildman–Crippen MR) is 146 cm³/mol. The number of aromatic amines is 1. The Morgan fingerprint density at radius 3 is 1.41 bits per heavy atom. The fraction of sp³-hybridized carbons (Fsp3) is 0. The Labute approximate surface area is 220 Å². The molecule has 6 aromatic rings. The topological polar surface area (TPSA) is 32.9 Å². The van der Waals surface area contributed by atoms with E-state index >= 15 is 0 Å². The SMILES string of the molecule is O=c1c(-c2ccc(F)cc2)c(-c2ccc(F)cc2)[nH]c2c(-c3ccc(F)cc3)cc(-c3ccc(F)cc3)cc12. The van der Waals surface area contributed by atoms with Gasteiger partial charge in [0, 0.05) is 10.9 Å². The fourth-order valence-electron chi connectivity index (χ4n) is 4.78. The van der Waals surface area contributed by atoms with Gasteiger partial charge in [-0.1, -0.05) is 36.4 Å². The summed E-state index contributed by atoms with van der Waals surface area (Å²) in [5.41, 5.74) is 4.53. The van der Waals surface area contributed by atoms with E-state index in [1.165, 1.54) is 60.7 Å². The third-order valence-electron chi connectivity index (χ3n) is 6.71. The molecule has 0 unspecified atom stereocenters. The van der Waals surface area contributed by atoms with Gasteiger partial charge in [0.1, 0.15) is 23.3 Å². The van der Waals surface area contributed by atoms with Crippen LogP contribution in [-0.2, 0) is 0 Å². The average Bonchev–Trinajstić information content (AvgIpc) is 2.95. The van der Waals surface area contributed by atoms with Crippen LogP contribution in [0.5, 0.6) is 0 Å². The van der Waals surface area contributed by atoms with Crippen LogP contribution in [0.4, 0.5) is 17.6 Å². The highest BCUT2D eigenvalue weighted by molar-refractivity contribution is 6.01. The van der Waals surface area contributed by atoms with Gasteiger partial charge in [-0.3, -0.25) is 4.79 Å². The van der Waals surface area contributed by atoms with Crippen LogP contribution < -0.4 is 5.43 Å². The molecule has 0 saturated heterocycles. The van der Waals surface area contributed by atoms with Crippen LogP contribution in [0.25, 0.3) is 55.5 Å². The van der Waals surface area contributed by atoms with E-state index in [0.29, 0.717) is 50.0 Å². The van der Waals surface area contributed by atoms with Crippen molar-refractivity contribution < 1.29 is 17.6 Å². The van der Waals surface area contributed by atoms with Gasteiger partial charge in [0.15, 0.2) is 5.43 Å². The maximum atomic E-state index is 14.2. The van der Waals surface area contributed by atoms with Crippen molar-refractivity contribution in [2.24, 2.45) is 0 Å². The van der Waals surface area contributed by atoms with Gasteiger partial charge in [0.25, 0.3) is 0 Å². The van der Waals surface area contributed by atoms with E-state index in [9.17, 15) is 22.4 Å². The maximum absolute atomic E-state index is 14.2. The third-order valence-corrected chi connectivity index (χ3v) is 6.71. The molecule has 5 aromatic carbocycles. The standard InChI is InChI=1S/C33H19F4NO/c34-24-9-1-19(2-10-24)23-17-28(20-3-11-25(35)12-4-20)32-29(18-23)33(39)30(21-5-13-26(36)14-6-21)31(38-32)22-7-15-27(37)16-8-22/h1-18H,(H,38,39). The molecule has 1 aromatic heterocycles. The Kier molecular flexibility index (Phi) is 6.08. The Morgan fingerprint density at radius 2 is 0.897 bits per heavy atom. The summed E-state index contributed by atoms with van der Waals surface area (Å²) in [6, 6.07) is 26.7. The van der Waals surface area contributed by atoms with Crippen molar-refractivity contribution in [1.29, 1.82) is 0 Å². The first-order valence-corrected chi connectivity index (χ1v) is 12.2. The van der Waals surface area contributed by atoms with Crippen LogP contribution >= 0.6 is 0 Å². The second-order valence-electron chi connectivity index (χ2n) is 9.18. The minimum Gasteiger partial charge on any atom is -0.353 e. The number of hydrogen-bond acceptors (Lipinski definition) is 1. The fourth-order valence-corrected chi connectivity index (χ4v) is 4.78. The molecule has 0 amide bonds. The molecule has 6 rings (SSSR count). The van der Waals surface area contributed by atoms with Crippen LogP contribution in [0, 0.1) is 23.3 Å². The summed E-state index contributed by atoms with van der Waals surface area (Å²) in [5, 5.41) is 0.335. The molecule has 0 aliphatic rings.